The van der Waals surface area contributed by atoms with Gasteiger partial charge in [-0.25, -0.2) is 23.4 Å². The number of anilines is 1. The second-order valence-corrected chi connectivity index (χ2v) is 8.57. The monoisotopic (exact) mass is 428 g/mol. The summed E-state index contributed by atoms with van der Waals surface area (Å²) in [6.45, 7) is 5.15. The molecular formula is C17H19F3N6O2S. The van der Waals surface area contributed by atoms with E-state index in [-0.39, 0.29) is 34.1 Å². The number of aromatic nitrogens is 4. The van der Waals surface area contributed by atoms with Gasteiger partial charge in [-0.2, -0.15) is 17.9 Å². The molecule has 0 amide bonds. The molecule has 0 aliphatic carbocycles. The Labute approximate surface area is 165 Å². The third kappa shape index (κ3) is 4.03. The fourth-order valence-corrected chi connectivity index (χ4v) is 4.29. The summed E-state index contributed by atoms with van der Waals surface area (Å²) in [5.74, 6) is 0.423. The fraction of sp³-hybridized carbons (Fsp3) is 0.353. The first-order valence-corrected chi connectivity index (χ1v) is 10.0. The molecule has 3 N–H and O–H groups in total. The zero-order chi connectivity index (χ0) is 21.6. The van der Waals surface area contributed by atoms with Gasteiger partial charge in [0.1, 0.15) is 27.7 Å². The van der Waals surface area contributed by atoms with Crippen LogP contribution in [0.2, 0.25) is 0 Å². The van der Waals surface area contributed by atoms with Crippen molar-refractivity contribution >= 4 is 26.9 Å². The Balaban J connectivity index is 2.07. The van der Waals surface area contributed by atoms with Crippen LogP contribution in [0.15, 0.2) is 35.5 Å². The van der Waals surface area contributed by atoms with Gasteiger partial charge < -0.3 is 10.3 Å². The van der Waals surface area contributed by atoms with Gasteiger partial charge in [0.15, 0.2) is 0 Å². The summed E-state index contributed by atoms with van der Waals surface area (Å²) in [6, 6.07) is 3.57. The highest BCUT2D eigenvalue weighted by Crippen LogP contribution is 2.32. The standard InChI is InChI=1S/C17H19F3N6O2S/c1-4-26-12-7-13(17(18,19)20)22-9-11(12)24-15(26)16(2,3)25-29(27,28)10-5-6-14(21)23-8-10/h5-9,25H,4H2,1-3H3,(H2,21,23). The summed E-state index contributed by atoms with van der Waals surface area (Å²) in [5, 5.41) is 0. The van der Waals surface area contributed by atoms with E-state index in [4.69, 9.17) is 5.73 Å². The Morgan fingerprint density at radius 1 is 1.17 bits per heavy atom. The molecule has 3 heterocycles. The minimum Gasteiger partial charge on any atom is -0.384 e. The van der Waals surface area contributed by atoms with Crippen LogP contribution in [0.4, 0.5) is 19.0 Å². The van der Waals surface area contributed by atoms with E-state index in [1.807, 2.05) is 0 Å². The number of nitrogens with zero attached hydrogens (tertiary/aromatic N) is 4. The lowest BCUT2D eigenvalue weighted by atomic mass is 10.1. The highest BCUT2D eigenvalue weighted by Gasteiger charge is 2.35. The molecule has 3 aromatic rings. The van der Waals surface area contributed by atoms with Crippen molar-refractivity contribution in [2.24, 2.45) is 0 Å². The van der Waals surface area contributed by atoms with Crippen LogP contribution in [0.5, 0.6) is 0 Å². The molecule has 0 unspecified atom stereocenters. The Bertz CT molecular complexity index is 1150. The van der Waals surface area contributed by atoms with Crippen molar-refractivity contribution in [3.63, 3.8) is 0 Å². The van der Waals surface area contributed by atoms with Crippen LogP contribution >= 0.6 is 0 Å². The molecule has 0 saturated heterocycles. The van der Waals surface area contributed by atoms with Crippen LogP contribution < -0.4 is 10.5 Å². The molecule has 0 fully saturated rings. The molecule has 12 heteroatoms. The van der Waals surface area contributed by atoms with Crippen molar-refractivity contribution in [1.82, 2.24) is 24.2 Å². The Morgan fingerprint density at radius 3 is 2.41 bits per heavy atom. The quantitative estimate of drug-likeness (QED) is 0.646. The van der Waals surface area contributed by atoms with Crippen LogP contribution in [0.3, 0.4) is 0 Å². The average molecular weight is 428 g/mol. The van der Waals surface area contributed by atoms with Gasteiger partial charge in [0.25, 0.3) is 0 Å². The van der Waals surface area contributed by atoms with Crippen molar-refractivity contribution in [3.8, 4) is 0 Å². The summed E-state index contributed by atoms with van der Waals surface area (Å²) in [4.78, 5) is 11.4. The lowest BCUT2D eigenvalue weighted by Gasteiger charge is -2.26. The zero-order valence-corrected chi connectivity index (χ0v) is 16.6. The number of sulfonamides is 1. The van der Waals surface area contributed by atoms with Gasteiger partial charge in [0, 0.05) is 12.7 Å². The number of nitrogen functional groups attached to an aromatic ring is 1. The maximum atomic E-state index is 13.0. The number of hydrogen-bond acceptors (Lipinski definition) is 6. The molecule has 3 aromatic heterocycles. The largest absolute Gasteiger partial charge is 0.433 e. The number of alkyl halides is 3. The van der Waals surface area contributed by atoms with Crippen LogP contribution in [0.1, 0.15) is 32.3 Å². The maximum Gasteiger partial charge on any atom is 0.433 e. The summed E-state index contributed by atoms with van der Waals surface area (Å²) in [7, 11) is -3.99. The smallest absolute Gasteiger partial charge is 0.384 e. The van der Waals surface area contributed by atoms with E-state index in [0.29, 0.717) is 0 Å². The number of halogens is 3. The SMILES string of the molecule is CCn1c(C(C)(C)NS(=O)(=O)c2ccc(N)nc2)nc2cnc(C(F)(F)F)cc21. The topological polar surface area (TPSA) is 116 Å². The third-order valence-corrected chi connectivity index (χ3v) is 5.90. The summed E-state index contributed by atoms with van der Waals surface area (Å²) < 4.78 is 68.6. The molecule has 0 spiro atoms. The summed E-state index contributed by atoms with van der Waals surface area (Å²) in [5.41, 5.74) is 3.65. The van der Waals surface area contributed by atoms with E-state index in [1.165, 1.54) is 16.7 Å². The Morgan fingerprint density at radius 2 is 1.86 bits per heavy atom. The summed E-state index contributed by atoms with van der Waals surface area (Å²) >= 11 is 0. The predicted molar refractivity (Wildman–Crippen MR) is 100 cm³/mol. The molecule has 29 heavy (non-hydrogen) atoms. The molecule has 8 nitrogen and oxygen atoms in total. The van der Waals surface area contributed by atoms with Crippen molar-refractivity contribution in [2.45, 2.75) is 43.9 Å². The van der Waals surface area contributed by atoms with E-state index < -0.39 is 27.4 Å². The third-order valence-electron chi connectivity index (χ3n) is 4.26. The van der Waals surface area contributed by atoms with Crippen LogP contribution in [-0.4, -0.2) is 27.9 Å². The molecule has 0 aromatic carbocycles. The number of rotatable bonds is 5. The average Bonchev–Trinajstić information content (AvgIpc) is 2.99. The number of nitrogens with one attached hydrogen (secondary N) is 1. The molecule has 0 atom stereocenters. The van der Waals surface area contributed by atoms with Crippen LogP contribution in [0, 0.1) is 0 Å². The van der Waals surface area contributed by atoms with E-state index in [9.17, 15) is 21.6 Å². The first-order chi connectivity index (χ1) is 13.3. The van der Waals surface area contributed by atoms with Crippen molar-refractivity contribution in [1.29, 1.82) is 0 Å². The first kappa shape index (κ1) is 21.0. The van der Waals surface area contributed by atoms with Crippen molar-refractivity contribution in [3.05, 3.63) is 42.1 Å². The van der Waals surface area contributed by atoms with Crippen LogP contribution in [0.25, 0.3) is 11.0 Å². The Kier molecular flexibility index (Phi) is 5.03. The van der Waals surface area contributed by atoms with Gasteiger partial charge in [-0.05, 0) is 39.0 Å². The molecule has 0 aliphatic heterocycles. The number of fused-ring (bicyclic) bond motifs is 1. The Hall–Kier alpha value is -2.73. The molecule has 3 rings (SSSR count). The first-order valence-electron chi connectivity index (χ1n) is 8.54. The van der Waals surface area contributed by atoms with E-state index in [0.717, 1.165) is 18.5 Å². The van der Waals surface area contributed by atoms with Crippen molar-refractivity contribution < 1.29 is 21.6 Å². The van der Waals surface area contributed by atoms with Gasteiger partial charge in [0.2, 0.25) is 10.0 Å². The number of hydrogen-bond donors (Lipinski definition) is 2. The minimum absolute atomic E-state index is 0.0973. The molecule has 0 bridgehead atoms. The van der Waals surface area contributed by atoms with Gasteiger partial charge in [0.05, 0.1) is 17.3 Å². The van der Waals surface area contributed by atoms with Gasteiger partial charge in [-0.3, -0.25) is 0 Å². The number of aryl methyl sites for hydroxylation is 1. The summed E-state index contributed by atoms with van der Waals surface area (Å²) in [6.07, 6.45) is -2.45. The van der Waals surface area contributed by atoms with E-state index in [1.54, 1.807) is 20.8 Å². The van der Waals surface area contributed by atoms with Crippen molar-refractivity contribution in [2.75, 3.05) is 5.73 Å². The van der Waals surface area contributed by atoms with Crippen LogP contribution in [-0.2, 0) is 28.3 Å². The maximum absolute atomic E-state index is 13.0. The van der Waals surface area contributed by atoms with E-state index >= 15 is 0 Å². The molecular weight excluding hydrogens is 409 g/mol. The molecule has 0 aliphatic rings. The number of nitrogens with two attached hydrogens (primary N) is 1. The normalized spacial score (nSPS) is 13.2. The number of imidazole rings is 1. The van der Waals surface area contributed by atoms with Gasteiger partial charge in [-0.1, -0.05) is 0 Å². The molecule has 156 valence electrons. The highest BCUT2D eigenvalue weighted by atomic mass is 32.2. The molecule has 0 saturated carbocycles. The number of pyridine rings is 2. The molecule has 0 radical (unpaired) electrons. The lowest BCUT2D eigenvalue weighted by molar-refractivity contribution is -0.141. The second kappa shape index (κ2) is 6.95. The predicted octanol–water partition coefficient (Wildman–Crippen LogP) is 2.66. The fourth-order valence-electron chi connectivity index (χ4n) is 2.97. The minimum atomic E-state index is -4.60. The van der Waals surface area contributed by atoms with E-state index in [2.05, 4.69) is 19.7 Å². The zero-order valence-electron chi connectivity index (χ0n) is 15.8. The van der Waals surface area contributed by atoms with Gasteiger partial charge in [-0.15, -0.1) is 0 Å². The second-order valence-electron chi connectivity index (χ2n) is 6.88. The highest BCUT2D eigenvalue weighted by molar-refractivity contribution is 7.89. The lowest BCUT2D eigenvalue weighted by Crippen LogP contribution is -2.43. The van der Waals surface area contributed by atoms with Gasteiger partial charge >= 0.3 is 6.18 Å².